The van der Waals surface area contributed by atoms with E-state index in [1.54, 1.807) is 0 Å². The molecule has 0 spiro atoms. The van der Waals surface area contributed by atoms with Crippen molar-refractivity contribution >= 4 is 65.3 Å². The van der Waals surface area contributed by atoms with Crippen LogP contribution in [0.1, 0.15) is 0 Å². The lowest BCUT2D eigenvalue weighted by molar-refractivity contribution is 1.17. The molecule has 0 saturated heterocycles. The standard InChI is InChI=1S/C59H37N5/c1-4-16-38(17-5-1)49-37-50(39-28-31-43(32-29-39)63-52-25-13-10-22-45(52)46-23-11-14-26-53(46)63)62-59(61-49)41-30-33-44-47-34-35-55-56(57(47)58(60-51(44)36-41)40-18-6-2-7-19-40)48-24-12-15-27-54(48)64(55)42-20-8-3-9-21-42/h1-37H. The molecule has 5 heteroatoms. The van der Waals surface area contributed by atoms with Crippen molar-refractivity contribution in [1.29, 1.82) is 0 Å². The summed E-state index contributed by atoms with van der Waals surface area (Å²) in [6, 6.07) is 79.5. The van der Waals surface area contributed by atoms with Gasteiger partial charge in [-0.25, -0.2) is 15.0 Å². The molecule has 4 aromatic heterocycles. The normalized spacial score (nSPS) is 11.8. The summed E-state index contributed by atoms with van der Waals surface area (Å²) >= 11 is 0. The molecule has 0 aliphatic rings. The van der Waals surface area contributed by atoms with E-state index in [1.165, 1.54) is 38.1 Å². The highest BCUT2D eigenvalue weighted by molar-refractivity contribution is 6.28. The lowest BCUT2D eigenvalue weighted by Gasteiger charge is -2.14. The summed E-state index contributed by atoms with van der Waals surface area (Å²) in [6.07, 6.45) is 0. The molecule has 0 bridgehead atoms. The highest BCUT2D eigenvalue weighted by Gasteiger charge is 2.21. The Labute approximate surface area is 368 Å². The van der Waals surface area contributed by atoms with E-state index in [0.717, 1.165) is 77.9 Å². The van der Waals surface area contributed by atoms with Gasteiger partial charge < -0.3 is 9.13 Å². The third-order valence-electron chi connectivity index (χ3n) is 12.7. The zero-order chi connectivity index (χ0) is 42.1. The van der Waals surface area contributed by atoms with Gasteiger partial charge in [-0.3, -0.25) is 0 Å². The monoisotopic (exact) mass is 815 g/mol. The number of benzene rings is 9. The first-order valence-electron chi connectivity index (χ1n) is 21.7. The van der Waals surface area contributed by atoms with Gasteiger partial charge in [-0.2, -0.15) is 0 Å². The van der Waals surface area contributed by atoms with Gasteiger partial charge >= 0.3 is 0 Å². The van der Waals surface area contributed by atoms with E-state index in [1.807, 2.05) is 6.07 Å². The number of fused-ring (bicyclic) bond motifs is 10. The molecular weight excluding hydrogens is 779 g/mol. The molecule has 13 aromatic rings. The van der Waals surface area contributed by atoms with Crippen LogP contribution in [0.4, 0.5) is 0 Å². The number of hydrogen-bond acceptors (Lipinski definition) is 3. The van der Waals surface area contributed by atoms with Gasteiger partial charge in [0.15, 0.2) is 5.82 Å². The topological polar surface area (TPSA) is 48.5 Å². The van der Waals surface area contributed by atoms with Crippen LogP contribution in [0.2, 0.25) is 0 Å². The molecule has 0 amide bonds. The van der Waals surface area contributed by atoms with Gasteiger partial charge in [-0.05, 0) is 66.0 Å². The average Bonchev–Trinajstić information content (AvgIpc) is 3.90. The fourth-order valence-corrected chi connectivity index (χ4v) is 9.82. The van der Waals surface area contributed by atoms with Crippen LogP contribution in [0.5, 0.6) is 0 Å². The van der Waals surface area contributed by atoms with Crippen molar-refractivity contribution in [3.8, 4) is 56.5 Å². The summed E-state index contributed by atoms with van der Waals surface area (Å²) in [7, 11) is 0. The highest BCUT2D eigenvalue weighted by Crippen LogP contribution is 2.43. The first-order valence-corrected chi connectivity index (χ1v) is 21.7. The molecule has 0 atom stereocenters. The number of rotatable bonds is 6. The molecule has 13 rings (SSSR count). The second kappa shape index (κ2) is 14.5. The van der Waals surface area contributed by atoms with Crippen LogP contribution < -0.4 is 0 Å². The van der Waals surface area contributed by atoms with Gasteiger partial charge in [0.2, 0.25) is 0 Å². The summed E-state index contributed by atoms with van der Waals surface area (Å²) in [5.74, 6) is 0.647. The molecule has 64 heavy (non-hydrogen) atoms. The fraction of sp³-hybridized carbons (Fsp3) is 0. The Morgan fingerprint density at radius 1 is 0.281 bits per heavy atom. The number of para-hydroxylation sites is 4. The minimum atomic E-state index is 0.647. The van der Waals surface area contributed by atoms with Crippen LogP contribution in [0.3, 0.4) is 0 Å². The highest BCUT2D eigenvalue weighted by atomic mass is 15.0. The van der Waals surface area contributed by atoms with Gasteiger partial charge in [0, 0.05) is 65.9 Å². The van der Waals surface area contributed by atoms with Crippen molar-refractivity contribution in [2.45, 2.75) is 0 Å². The second-order valence-electron chi connectivity index (χ2n) is 16.4. The lowest BCUT2D eigenvalue weighted by atomic mass is 9.95. The molecule has 9 aromatic carbocycles. The van der Waals surface area contributed by atoms with Gasteiger partial charge in [-0.15, -0.1) is 0 Å². The third kappa shape index (κ3) is 5.68. The maximum Gasteiger partial charge on any atom is 0.160 e. The minimum Gasteiger partial charge on any atom is -0.309 e. The first-order chi connectivity index (χ1) is 31.7. The zero-order valence-electron chi connectivity index (χ0n) is 34.6. The largest absolute Gasteiger partial charge is 0.309 e. The van der Waals surface area contributed by atoms with Crippen LogP contribution in [0, 0.1) is 0 Å². The smallest absolute Gasteiger partial charge is 0.160 e. The Morgan fingerprint density at radius 2 is 0.766 bits per heavy atom. The Hall–Kier alpha value is -8.67. The Kier molecular flexibility index (Phi) is 8.15. The van der Waals surface area contributed by atoms with Crippen molar-refractivity contribution in [3.63, 3.8) is 0 Å². The van der Waals surface area contributed by atoms with Crippen LogP contribution in [0.15, 0.2) is 224 Å². The van der Waals surface area contributed by atoms with Crippen molar-refractivity contribution in [2.24, 2.45) is 0 Å². The Balaban J connectivity index is 0.997. The molecule has 0 N–H and O–H groups in total. The van der Waals surface area contributed by atoms with Gasteiger partial charge in [0.25, 0.3) is 0 Å². The summed E-state index contributed by atoms with van der Waals surface area (Å²) < 4.78 is 4.72. The Morgan fingerprint density at radius 3 is 1.42 bits per heavy atom. The van der Waals surface area contributed by atoms with Gasteiger partial charge in [-0.1, -0.05) is 164 Å². The molecule has 0 aliphatic heterocycles. The Bertz CT molecular complexity index is 3870. The quantitative estimate of drug-likeness (QED) is 0.157. The molecule has 4 heterocycles. The number of nitrogens with zero attached hydrogens (tertiary/aromatic N) is 5. The summed E-state index contributed by atoms with van der Waals surface area (Å²) in [6.45, 7) is 0. The minimum absolute atomic E-state index is 0.647. The molecular formula is C59H37N5. The predicted molar refractivity (Wildman–Crippen MR) is 265 cm³/mol. The fourth-order valence-electron chi connectivity index (χ4n) is 9.82. The van der Waals surface area contributed by atoms with Crippen LogP contribution in [-0.2, 0) is 0 Å². The number of aromatic nitrogens is 5. The van der Waals surface area contributed by atoms with E-state index in [2.05, 4.69) is 228 Å². The SMILES string of the molecule is c1ccc(-c2cc(-c3ccc(-n4c5ccccc5c5ccccc54)cc3)nc(-c3ccc4c(c3)nc(-c3ccccc3)c3c4ccc4c3c3ccccc3n4-c3ccccc3)n2)cc1. The molecule has 298 valence electrons. The van der Waals surface area contributed by atoms with Crippen LogP contribution in [0.25, 0.3) is 122 Å². The maximum atomic E-state index is 5.57. The second-order valence-corrected chi connectivity index (χ2v) is 16.4. The first kappa shape index (κ1) is 36.0. The average molecular weight is 816 g/mol. The van der Waals surface area contributed by atoms with E-state index in [0.29, 0.717) is 5.82 Å². The van der Waals surface area contributed by atoms with Gasteiger partial charge in [0.1, 0.15) is 0 Å². The van der Waals surface area contributed by atoms with E-state index in [9.17, 15) is 0 Å². The van der Waals surface area contributed by atoms with Crippen molar-refractivity contribution in [2.75, 3.05) is 0 Å². The number of hydrogen-bond donors (Lipinski definition) is 0. The van der Waals surface area contributed by atoms with Gasteiger partial charge in [0.05, 0.1) is 44.7 Å². The molecule has 0 fully saturated rings. The molecule has 0 saturated carbocycles. The summed E-state index contributed by atoms with van der Waals surface area (Å²) in [5.41, 5.74) is 14.5. The van der Waals surface area contributed by atoms with E-state index < -0.39 is 0 Å². The maximum absolute atomic E-state index is 5.57. The van der Waals surface area contributed by atoms with Crippen molar-refractivity contribution in [3.05, 3.63) is 224 Å². The number of pyridine rings is 1. The predicted octanol–water partition coefficient (Wildman–Crippen LogP) is 15.0. The third-order valence-corrected chi connectivity index (χ3v) is 12.7. The lowest BCUT2D eigenvalue weighted by Crippen LogP contribution is -1.98. The molecule has 0 aliphatic carbocycles. The summed E-state index contributed by atoms with van der Waals surface area (Å²) in [4.78, 5) is 16.1. The van der Waals surface area contributed by atoms with Crippen molar-refractivity contribution in [1.82, 2.24) is 24.1 Å². The van der Waals surface area contributed by atoms with E-state index in [4.69, 9.17) is 15.0 Å². The van der Waals surface area contributed by atoms with E-state index in [-0.39, 0.29) is 0 Å². The molecule has 5 nitrogen and oxygen atoms in total. The van der Waals surface area contributed by atoms with Crippen molar-refractivity contribution < 1.29 is 0 Å². The summed E-state index contributed by atoms with van der Waals surface area (Å²) in [5, 5.41) is 8.26. The molecule has 0 radical (unpaired) electrons. The van der Waals surface area contributed by atoms with Crippen LogP contribution in [-0.4, -0.2) is 24.1 Å². The zero-order valence-corrected chi connectivity index (χ0v) is 34.6. The molecule has 0 unspecified atom stereocenters. The van der Waals surface area contributed by atoms with E-state index >= 15 is 0 Å². The van der Waals surface area contributed by atoms with Crippen LogP contribution >= 0.6 is 0 Å².